The molecule has 102 valence electrons. The van der Waals surface area contributed by atoms with E-state index in [1.165, 1.54) is 6.07 Å². The van der Waals surface area contributed by atoms with Crippen LogP contribution in [0.5, 0.6) is 0 Å². The number of hydrogen-bond donors (Lipinski definition) is 1. The van der Waals surface area contributed by atoms with E-state index >= 15 is 0 Å². The van der Waals surface area contributed by atoms with Crippen LogP contribution in [-0.4, -0.2) is 29.1 Å². The van der Waals surface area contributed by atoms with Crippen LogP contribution < -0.4 is 0 Å². The van der Waals surface area contributed by atoms with Gasteiger partial charge in [-0.3, -0.25) is 4.90 Å². The predicted molar refractivity (Wildman–Crippen MR) is 70.8 cm³/mol. The van der Waals surface area contributed by atoms with Gasteiger partial charge in [-0.1, -0.05) is 13.8 Å². The second-order valence-electron chi connectivity index (χ2n) is 5.33. The van der Waals surface area contributed by atoms with Gasteiger partial charge < -0.3 is 9.52 Å². The second kappa shape index (κ2) is 6.05. The summed E-state index contributed by atoms with van der Waals surface area (Å²) in [5.74, 6) is 0.319. The van der Waals surface area contributed by atoms with E-state index in [0.717, 1.165) is 6.42 Å². The fourth-order valence-corrected chi connectivity index (χ4v) is 2.12. The van der Waals surface area contributed by atoms with Crippen molar-refractivity contribution in [1.29, 1.82) is 0 Å². The molecule has 1 aromatic heterocycles. The zero-order chi connectivity index (χ0) is 13.9. The first-order valence-electron chi connectivity index (χ1n) is 6.37. The molecule has 0 aliphatic rings. The maximum atomic E-state index is 10.8. The van der Waals surface area contributed by atoms with Crippen LogP contribution in [0.4, 0.5) is 0 Å². The van der Waals surface area contributed by atoms with Gasteiger partial charge in [0.05, 0.1) is 6.04 Å². The number of carboxylic acids is 1. The van der Waals surface area contributed by atoms with Gasteiger partial charge in [0, 0.05) is 6.04 Å². The molecule has 1 heterocycles. The zero-order valence-corrected chi connectivity index (χ0v) is 11.8. The number of furan rings is 1. The number of aromatic carboxylic acids is 1. The maximum absolute atomic E-state index is 10.8. The highest BCUT2D eigenvalue weighted by molar-refractivity contribution is 5.84. The van der Waals surface area contributed by atoms with Crippen molar-refractivity contribution in [2.24, 2.45) is 5.92 Å². The Bertz CT molecular complexity index is 397. The lowest BCUT2D eigenvalue weighted by molar-refractivity contribution is 0.0655. The number of nitrogens with zero attached hydrogens (tertiary/aromatic N) is 1. The average Bonchev–Trinajstić information content (AvgIpc) is 2.75. The number of carbonyl (C=O) groups is 1. The van der Waals surface area contributed by atoms with Gasteiger partial charge in [-0.15, -0.1) is 0 Å². The molecule has 2 unspecified atom stereocenters. The molecular weight excluding hydrogens is 230 g/mol. The van der Waals surface area contributed by atoms with Crippen molar-refractivity contribution in [2.45, 2.75) is 46.2 Å². The monoisotopic (exact) mass is 253 g/mol. The van der Waals surface area contributed by atoms with Crippen LogP contribution in [0.3, 0.4) is 0 Å². The first kappa shape index (κ1) is 14.8. The number of carboxylic acid groups (broad SMARTS) is 1. The Labute approximate surface area is 109 Å². The highest BCUT2D eigenvalue weighted by Gasteiger charge is 2.21. The van der Waals surface area contributed by atoms with Crippen LogP contribution in [0, 0.1) is 5.92 Å². The minimum atomic E-state index is -1.02. The predicted octanol–water partition coefficient (Wildman–Crippen LogP) is 3.41. The van der Waals surface area contributed by atoms with Crippen molar-refractivity contribution in [1.82, 2.24) is 4.90 Å². The molecule has 0 aliphatic heterocycles. The van der Waals surface area contributed by atoms with Crippen LogP contribution >= 0.6 is 0 Å². The van der Waals surface area contributed by atoms with E-state index in [1.807, 2.05) is 14.0 Å². The number of hydrogen-bond acceptors (Lipinski definition) is 3. The summed E-state index contributed by atoms with van der Waals surface area (Å²) in [6.45, 7) is 8.60. The quantitative estimate of drug-likeness (QED) is 0.844. The molecule has 0 aliphatic carbocycles. The summed E-state index contributed by atoms with van der Waals surface area (Å²) in [5, 5.41) is 8.84. The zero-order valence-electron chi connectivity index (χ0n) is 11.8. The van der Waals surface area contributed by atoms with Gasteiger partial charge in [-0.2, -0.15) is 0 Å². The van der Waals surface area contributed by atoms with Gasteiger partial charge in [0.1, 0.15) is 5.76 Å². The van der Waals surface area contributed by atoms with Gasteiger partial charge in [0.25, 0.3) is 0 Å². The van der Waals surface area contributed by atoms with Crippen LogP contribution in [0.25, 0.3) is 0 Å². The normalized spacial score (nSPS) is 15.1. The van der Waals surface area contributed by atoms with Crippen molar-refractivity contribution < 1.29 is 14.3 Å². The van der Waals surface area contributed by atoms with Crippen molar-refractivity contribution >= 4 is 5.97 Å². The highest BCUT2D eigenvalue weighted by atomic mass is 16.4. The van der Waals surface area contributed by atoms with Gasteiger partial charge in [0.2, 0.25) is 5.76 Å². The minimum Gasteiger partial charge on any atom is -0.475 e. The molecule has 1 rings (SSSR count). The van der Waals surface area contributed by atoms with Gasteiger partial charge in [0.15, 0.2) is 0 Å². The molecule has 0 radical (unpaired) electrons. The third-order valence-corrected chi connectivity index (χ3v) is 3.37. The first-order chi connectivity index (χ1) is 8.32. The highest BCUT2D eigenvalue weighted by Crippen LogP contribution is 2.25. The first-order valence-corrected chi connectivity index (χ1v) is 6.37. The SMILES string of the molecule is CC(C)CC(C)N(C)C(C)c1ccc(C(=O)O)o1. The summed E-state index contributed by atoms with van der Waals surface area (Å²) in [7, 11) is 2.04. The summed E-state index contributed by atoms with van der Waals surface area (Å²) in [4.78, 5) is 13.0. The summed E-state index contributed by atoms with van der Waals surface area (Å²) in [5.41, 5.74) is 0. The van der Waals surface area contributed by atoms with Crippen LogP contribution in [-0.2, 0) is 0 Å². The molecule has 4 nitrogen and oxygen atoms in total. The van der Waals surface area contributed by atoms with Crippen LogP contribution in [0.2, 0.25) is 0 Å². The van der Waals surface area contributed by atoms with Gasteiger partial charge in [-0.25, -0.2) is 4.79 Å². The third kappa shape index (κ3) is 3.60. The fourth-order valence-electron chi connectivity index (χ4n) is 2.12. The molecule has 4 heteroatoms. The van der Waals surface area contributed by atoms with E-state index in [0.29, 0.717) is 17.7 Å². The fraction of sp³-hybridized carbons (Fsp3) is 0.643. The van der Waals surface area contributed by atoms with E-state index in [1.54, 1.807) is 6.07 Å². The van der Waals surface area contributed by atoms with Gasteiger partial charge in [-0.05, 0) is 45.4 Å². The molecule has 0 saturated carbocycles. The molecule has 0 aromatic carbocycles. The molecule has 0 bridgehead atoms. The summed E-state index contributed by atoms with van der Waals surface area (Å²) in [6, 6.07) is 3.76. The third-order valence-electron chi connectivity index (χ3n) is 3.37. The Morgan fingerprint density at radius 1 is 1.33 bits per heavy atom. The molecule has 18 heavy (non-hydrogen) atoms. The summed E-state index contributed by atoms with van der Waals surface area (Å²) < 4.78 is 5.34. The Hall–Kier alpha value is -1.29. The lowest BCUT2D eigenvalue weighted by Gasteiger charge is -2.30. The smallest absolute Gasteiger partial charge is 0.371 e. The Morgan fingerprint density at radius 3 is 2.39 bits per heavy atom. The standard InChI is InChI=1S/C14H23NO3/c1-9(2)8-10(3)15(5)11(4)12-6-7-13(18-12)14(16)17/h6-7,9-11H,8H2,1-5H3,(H,16,17). The molecule has 0 fully saturated rings. The van der Waals surface area contributed by atoms with E-state index in [9.17, 15) is 4.79 Å². The molecule has 1 N–H and O–H groups in total. The second-order valence-corrected chi connectivity index (χ2v) is 5.33. The van der Waals surface area contributed by atoms with E-state index < -0.39 is 5.97 Å². The minimum absolute atomic E-state index is 0.00163. The van der Waals surface area contributed by atoms with Crippen molar-refractivity contribution in [3.8, 4) is 0 Å². The molecule has 0 saturated heterocycles. The van der Waals surface area contributed by atoms with Crippen LogP contribution in [0.1, 0.15) is 56.5 Å². The maximum Gasteiger partial charge on any atom is 0.371 e. The molecular formula is C14H23NO3. The molecule has 0 amide bonds. The van der Waals surface area contributed by atoms with E-state index in [2.05, 4.69) is 25.7 Å². The molecule has 2 atom stereocenters. The summed E-state index contributed by atoms with van der Waals surface area (Å²) >= 11 is 0. The van der Waals surface area contributed by atoms with Crippen molar-refractivity contribution in [3.05, 3.63) is 23.7 Å². The Morgan fingerprint density at radius 2 is 1.94 bits per heavy atom. The van der Waals surface area contributed by atoms with E-state index in [-0.39, 0.29) is 11.8 Å². The number of rotatable bonds is 6. The Kier molecular flexibility index (Phi) is 4.96. The molecule has 1 aromatic rings. The van der Waals surface area contributed by atoms with Crippen molar-refractivity contribution in [2.75, 3.05) is 7.05 Å². The average molecular weight is 253 g/mol. The topological polar surface area (TPSA) is 53.7 Å². The van der Waals surface area contributed by atoms with E-state index in [4.69, 9.17) is 9.52 Å². The van der Waals surface area contributed by atoms with Crippen LogP contribution in [0.15, 0.2) is 16.5 Å². The lowest BCUT2D eigenvalue weighted by Crippen LogP contribution is -2.32. The summed E-state index contributed by atoms with van der Waals surface area (Å²) in [6.07, 6.45) is 1.10. The molecule has 0 spiro atoms. The van der Waals surface area contributed by atoms with Crippen molar-refractivity contribution in [3.63, 3.8) is 0 Å². The lowest BCUT2D eigenvalue weighted by atomic mass is 10.0. The van der Waals surface area contributed by atoms with Gasteiger partial charge >= 0.3 is 5.97 Å². The Balaban J connectivity index is 2.72. The largest absolute Gasteiger partial charge is 0.475 e.